The van der Waals surface area contributed by atoms with Crippen LogP contribution in [0.15, 0.2) is 36.8 Å². The number of ether oxygens (including phenoxy) is 1. The van der Waals surface area contributed by atoms with Gasteiger partial charge in [0.1, 0.15) is 0 Å². The van der Waals surface area contributed by atoms with E-state index in [1.54, 1.807) is 18.6 Å². The third-order valence-electron chi connectivity index (χ3n) is 5.18. The molecule has 25 heavy (non-hydrogen) atoms. The zero-order valence-corrected chi connectivity index (χ0v) is 14.4. The highest BCUT2D eigenvalue weighted by molar-refractivity contribution is 5.94. The van der Waals surface area contributed by atoms with Gasteiger partial charge in [-0.3, -0.25) is 14.8 Å². The Kier molecular flexibility index (Phi) is 4.74. The maximum absolute atomic E-state index is 13.1. The Labute approximate surface area is 148 Å². The average Bonchev–Trinajstić information content (AvgIpc) is 3.14. The Balaban J connectivity index is 1.47. The van der Waals surface area contributed by atoms with Crippen LogP contribution < -0.4 is 0 Å². The number of benzene rings is 1. The number of morpholine rings is 1. The van der Waals surface area contributed by atoms with Crippen molar-refractivity contribution < 1.29 is 9.53 Å². The molecule has 4 rings (SSSR count). The number of nitrogens with zero attached hydrogens (tertiary/aromatic N) is 3. The second-order valence-corrected chi connectivity index (χ2v) is 6.80. The molecule has 1 aromatic heterocycles. The Morgan fingerprint density at radius 3 is 3.04 bits per heavy atom. The van der Waals surface area contributed by atoms with Crippen molar-refractivity contribution in [1.82, 2.24) is 14.9 Å². The zero-order valence-electron chi connectivity index (χ0n) is 14.4. The standard InChI is InChI=1S/C20H23N3O2/c24-20(17-5-4-15-2-1-3-16(15)12-17)23-10-11-25-14-19(23)7-6-18-13-21-8-9-22-18/h4-5,8-9,12-13,19H,1-3,6-7,10-11,14H2/t19-/m1/s1. The predicted molar refractivity (Wildman–Crippen MR) is 94.5 cm³/mol. The lowest BCUT2D eigenvalue weighted by molar-refractivity contribution is -0.00413. The molecule has 1 fully saturated rings. The second-order valence-electron chi connectivity index (χ2n) is 6.80. The Morgan fingerprint density at radius 2 is 2.16 bits per heavy atom. The summed E-state index contributed by atoms with van der Waals surface area (Å²) in [6.07, 6.45) is 10.3. The lowest BCUT2D eigenvalue weighted by atomic mass is 10.0. The monoisotopic (exact) mass is 337 g/mol. The first-order valence-corrected chi connectivity index (χ1v) is 9.06. The number of aromatic nitrogens is 2. The van der Waals surface area contributed by atoms with Crippen molar-refractivity contribution in [3.63, 3.8) is 0 Å². The number of aryl methyl sites for hydroxylation is 3. The maximum Gasteiger partial charge on any atom is 0.254 e. The van der Waals surface area contributed by atoms with Crippen molar-refractivity contribution in [2.75, 3.05) is 19.8 Å². The van der Waals surface area contributed by atoms with Crippen LogP contribution in [0.1, 0.15) is 40.0 Å². The van der Waals surface area contributed by atoms with E-state index in [2.05, 4.69) is 22.1 Å². The van der Waals surface area contributed by atoms with Crippen LogP contribution in [0.25, 0.3) is 0 Å². The molecule has 0 radical (unpaired) electrons. The van der Waals surface area contributed by atoms with Crippen LogP contribution in [0.5, 0.6) is 0 Å². The summed E-state index contributed by atoms with van der Waals surface area (Å²) >= 11 is 0. The molecule has 1 aromatic carbocycles. The lowest BCUT2D eigenvalue weighted by Crippen LogP contribution is -2.49. The van der Waals surface area contributed by atoms with Crippen molar-refractivity contribution in [1.29, 1.82) is 0 Å². The van der Waals surface area contributed by atoms with Crippen LogP contribution in [-0.2, 0) is 24.0 Å². The predicted octanol–water partition coefficient (Wildman–Crippen LogP) is 2.44. The van der Waals surface area contributed by atoms with Gasteiger partial charge >= 0.3 is 0 Å². The van der Waals surface area contributed by atoms with Crippen LogP contribution in [0, 0.1) is 0 Å². The van der Waals surface area contributed by atoms with Gasteiger partial charge in [0.05, 0.1) is 24.9 Å². The Hall–Kier alpha value is -2.27. The summed E-state index contributed by atoms with van der Waals surface area (Å²) in [6.45, 7) is 1.86. The molecular weight excluding hydrogens is 314 g/mol. The normalized spacial score (nSPS) is 19.7. The van der Waals surface area contributed by atoms with Gasteiger partial charge in [0.15, 0.2) is 0 Å². The topological polar surface area (TPSA) is 55.3 Å². The van der Waals surface area contributed by atoms with Crippen LogP contribution in [0.2, 0.25) is 0 Å². The first-order valence-electron chi connectivity index (χ1n) is 9.06. The van der Waals surface area contributed by atoms with E-state index in [1.165, 1.54) is 17.5 Å². The fourth-order valence-electron chi connectivity index (χ4n) is 3.81. The number of carbonyl (C=O) groups is 1. The third kappa shape index (κ3) is 3.56. The molecule has 1 atom stereocenters. The number of fused-ring (bicyclic) bond motifs is 1. The molecule has 0 spiro atoms. The maximum atomic E-state index is 13.1. The van der Waals surface area contributed by atoms with E-state index in [-0.39, 0.29) is 11.9 Å². The van der Waals surface area contributed by atoms with Crippen LogP contribution >= 0.6 is 0 Å². The van der Waals surface area contributed by atoms with Gasteiger partial charge in [-0.1, -0.05) is 6.07 Å². The summed E-state index contributed by atoms with van der Waals surface area (Å²) in [5, 5.41) is 0. The van der Waals surface area contributed by atoms with Gasteiger partial charge in [0.2, 0.25) is 0 Å². The van der Waals surface area contributed by atoms with Gasteiger partial charge in [-0.2, -0.15) is 0 Å². The van der Waals surface area contributed by atoms with Crippen molar-refractivity contribution in [3.8, 4) is 0 Å². The van der Waals surface area contributed by atoms with E-state index in [0.29, 0.717) is 19.8 Å². The summed E-state index contributed by atoms with van der Waals surface area (Å²) in [4.78, 5) is 23.5. The molecule has 0 bridgehead atoms. The summed E-state index contributed by atoms with van der Waals surface area (Å²) in [5.41, 5.74) is 4.51. The fraction of sp³-hybridized carbons (Fsp3) is 0.450. The van der Waals surface area contributed by atoms with E-state index < -0.39 is 0 Å². The Bertz CT molecular complexity index is 748. The van der Waals surface area contributed by atoms with Crippen molar-refractivity contribution >= 4 is 5.91 Å². The minimum atomic E-state index is 0.0940. The van der Waals surface area contributed by atoms with Gasteiger partial charge in [0, 0.05) is 30.7 Å². The van der Waals surface area contributed by atoms with Gasteiger partial charge in [-0.05, 0) is 55.4 Å². The van der Waals surface area contributed by atoms with Crippen LogP contribution in [0.3, 0.4) is 0 Å². The highest BCUT2D eigenvalue weighted by Gasteiger charge is 2.28. The molecule has 1 aliphatic heterocycles. The van der Waals surface area contributed by atoms with Crippen molar-refractivity contribution in [2.45, 2.75) is 38.1 Å². The van der Waals surface area contributed by atoms with Gasteiger partial charge in [-0.15, -0.1) is 0 Å². The first kappa shape index (κ1) is 16.2. The second kappa shape index (κ2) is 7.31. The van der Waals surface area contributed by atoms with E-state index in [4.69, 9.17) is 4.74 Å². The van der Waals surface area contributed by atoms with E-state index in [9.17, 15) is 4.79 Å². The molecule has 2 aromatic rings. The SMILES string of the molecule is O=C(c1ccc2c(c1)CCC2)N1CCOC[C@H]1CCc1cnccn1. The highest BCUT2D eigenvalue weighted by Crippen LogP contribution is 2.24. The van der Waals surface area contributed by atoms with Gasteiger partial charge in [0.25, 0.3) is 5.91 Å². The smallest absolute Gasteiger partial charge is 0.254 e. The molecule has 0 unspecified atom stereocenters. The fourth-order valence-corrected chi connectivity index (χ4v) is 3.81. The Morgan fingerprint density at radius 1 is 1.24 bits per heavy atom. The number of carbonyl (C=O) groups excluding carboxylic acids is 1. The van der Waals surface area contributed by atoms with Crippen molar-refractivity contribution in [2.24, 2.45) is 0 Å². The average molecular weight is 337 g/mol. The molecule has 1 amide bonds. The molecular formula is C20H23N3O2. The molecule has 5 nitrogen and oxygen atoms in total. The zero-order chi connectivity index (χ0) is 17.1. The van der Waals surface area contributed by atoms with E-state index >= 15 is 0 Å². The molecule has 5 heteroatoms. The highest BCUT2D eigenvalue weighted by atomic mass is 16.5. The van der Waals surface area contributed by atoms with Gasteiger partial charge < -0.3 is 9.64 Å². The third-order valence-corrected chi connectivity index (χ3v) is 5.18. The molecule has 2 aliphatic rings. The minimum Gasteiger partial charge on any atom is -0.377 e. The summed E-state index contributed by atoms with van der Waals surface area (Å²) in [6, 6.07) is 6.31. The van der Waals surface area contributed by atoms with Crippen LogP contribution in [-0.4, -0.2) is 46.6 Å². The van der Waals surface area contributed by atoms with E-state index in [1.807, 2.05) is 11.0 Å². The number of rotatable bonds is 4. The lowest BCUT2D eigenvalue weighted by Gasteiger charge is -2.36. The van der Waals surface area contributed by atoms with Crippen molar-refractivity contribution in [3.05, 3.63) is 59.2 Å². The quantitative estimate of drug-likeness (QED) is 0.860. The summed E-state index contributed by atoms with van der Waals surface area (Å²) < 4.78 is 5.63. The summed E-state index contributed by atoms with van der Waals surface area (Å²) in [5.74, 6) is 0.127. The number of hydrogen-bond donors (Lipinski definition) is 0. The first-order chi connectivity index (χ1) is 12.3. The van der Waals surface area contributed by atoms with E-state index in [0.717, 1.165) is 36.9 Å². The number of amides is 1. The molecule has 0 saturated carbocycles. The largest absolute Gasteiger partial charge is 0.377 e. The molecule has 130 valence electrons. The molecule has 0 N–H and O–H groups in total. The summed E-state index contributed by atoms with van der Waals surface area (Å²) in [7, 11) is 0. The minimum absolute atomic E-state index is 0.0940. The number of hydrogen-bond acceptors (Lipinski definition) is 4. The van der Waals surface area contributed by atoms with Gasteiger partial charge in [-0.25, -0.2) is 0 Å². The van der Waals surface area contributed by atoms with Crippen LogP contribution in [0.4, 0.5) is 0 Å². The molecule has 2 heterocycles. The molecule has 1 aliphatic carbocycles. The molecule has 1 saturated heterocycles.